The van der Waals surface area contributed by atoms with E-state index in [1.165, 1.54) is 12.1 Å². The monoisotopic (exact) mass is 698 g/mol. The van der Waals surface area contributed by atoms with Gasteiger partial charge in [0.15, 0.2) is 16.8 Å². The van der Waals surface area contributed by atoms with Crippen LogP contribution >= 0.6 is 0 Å². The standard InChI is InChI=1S/C36H47N3O7S2/c1-35(2)29-25-27(48(44,45)46)18-20-30(29)38(5)32(35)14-8-6-9-15-33-36(3,4)28-24-26(47(42)43)17-19-31(28)39(33)22-12-7-10-16-34(41)37-21-11-13-23-40/h6,8-9,14-15,17-20,24-25,40H,7,10-13,16,21-23H2,1-5H3,(H2-,37,41,42,43,44,45,46)/p+1. The van der Waals surface area contributed by atoms with Crippen LogP contribution < -0.4 is 10.2 Å². The van der Waals surface area contributed by atoms with Crippen LogP contribution in [0.1, 0.15) is 77.3 Å². The molecule has 48 heavy (non-hydrogen) atoms. The van der Waals surface area contributed by atoms with Crippen molar-refractivity contribution < 1.29 is 36.2 Å². The van der Waals surface area contributed by atoms with Crippen molar-refractivity contribution in [2.24, 2.45) is 0 Å². The Morgan fingerprint density at radius 2 is 1.71 bits per heavy atom. The van der Waals surface area contributed by atoms with Crippen molar-refractivity contribution in [1.82, 2.24) is 5.32 Å². The summed E-state index contributed by atoms with van der Waals surface area (Å²) < 4.78 is 56.8. The first-order valence-electron chi connectivity index (χ1n) is 16.3. The van der Waals surface area contributed by atoms with E-state index in [1.54, 1.807) is 12.1 Å². The second kappa shape index (κ2) is 15.4. The number of aliphatic hydroxyl groups excluding tert-OH is 1. The number of nitrogens with one attached hydrogen (secondary N) is 1. The number of benzene rings is 2. The summed E-state index contributed by atoms with van der Waals surface area (Å²) in [4.78, 5) is 14.6. The molecule has 2 aromatic carbocycles. The Hall–Kier alpha value is -3.42. The fraction of sp³-hybridized carbons (Fsp3) is 0.444. The Bertz CT molecular complexity index is 1790. The molecule has 0 bridgehead atoms. The molecule has 2 aromatic rings. The lowest BCUT2D eigenvalue weighted by Gasteiger charge is -2.27. The first-order valence-corrected chi connectivity index (χ1v) is 18.8. The zero-order valence-electron chi connectivity index (χ0n) is 28.4. The number of unbranched alkanes of at least 4 members (excludes halogenated alkanes) is 3. The predicted octanol–water partition coefficient (Wildman–Crippen LogP) is 5.76. The summed E-state index contributed by atoms with van der Waals surface area (Å²) in [5.41, 5.74) is 4.77. The topological polar surface area (TPSA) is 147 Å². The van der Waals surface area contributed by atoms with Gasteiger partial charge in [-0.05, 0) is 81.5 Å². The molecule has 12 heteroatoms. The van der Waals surface area contributed by atoms with Crippen molar-refractivity contribution >= 4 is 44.2 Å². The van der Waals surface area contributed by atoms with Crippen molar-refractivity contribution in [3.05, 3.63) is 83.6 Å². The molecule has 4 rings (SSSR count). The highest BCUT2D eigenvalue weighted by atomic mass is 32.2. The fourth-order valence-electron chi connectivity index (χ4n) is 6.62. The van der Waals surface area contributed by atoms with E-state index in [4.69, 9.17) is 5.11 Å². The second-order valence-corrected chi connectivity index (χ2v) is 15.7. The normalized spacial score (nSPS) is 18.2. The number of carbonyl (C=O) groups excluding carboxylic acids is 1. The number of allylic oxidation sites excluding steroid dienone is 6. The molecule has 1 atom stereocenters. The third kappa shape index (κ3) is 8.23. The number of rotatable bonds is 15. The number of hydrogen-bond donors (Lipinski definition) is 4. The highest BCUT2D eigenvalue weighted by molar-refractivity contribution is 7.85. The van der Waals surface area contributed by atoms with E-state index in [0.717, 1.165) is 66.1 Å². The minimum atomic E-state index is -4.32. The minimum Gasteiger partial charge on any atom is -0.396 e. The molecule has 10 nitrogen and oxygen atoms in total. The maximum absolute atomic E-state index is 12.1. The summed E-state index contributed by atoms with van der Waals surface area (Å²) >= 11 is -2.09. The van der Waals surface area contributed by atoms with Crippen LogP contribution in [0, 0.1) is 0 Å². The van der Waals surface area contributed by atoms with Crippen LogP contribution in [-0.2, 0) is 36.8 Å². The van der Waals surface area contributed by atoms with E-state index in [1.807, 2.05) is 61.9 Å². The second-order valence-electron chi connectivity index (χ2n) is 13.3. The fourth-order valence-corrected chi connectivity index (χ4v) is 7.53. The van der Waals surface area contributed by atoms with Crippen LogP contribution in [0.3, 0.4) is 0 Å². The Morgan fingerprint density at radius 1 is 0.958 bits per heavy atom. The molecule has 0 radical (unpaired) electrons. The summed E-state index contributed by atoms with van der Waals surface area (Å²) in [5, 5.41) is 11.8. The number of carbonyl (C=O) groups is 1. The van der Waals surface area contributed by atoms with Crippen molar-refractivity contribution in [3.63, 3.8) is 0 Å². The molecule has 1 unspecified atom stereocenters. The van der Waals surface area contributed by atoms with Crippen molar-refractivity contribution in [2.45, 2.75) is 86.8 Å². The Labute approximate surface area is 287 Å². The molecule has 0 fully saturated rings. The molecular weight excluding hydrogens is 651 g/mol. The largest absolute Gasteiger partial charge is 0.396 e. The zero-order chi connectivity index (χ0) is 35.3. The molecule has 1 amide bonds. The van der Waals surface area contributed by atoms with E-state index in [9.17, 15) is 26.5 Å². The van der Waals surface area contributed by atoms with Gasteiger partial charge in [0.25, 0.3) is 10.1 Å². The van der Waals surface area contributed by atoms with Crippen LogP contribution in [0.4, 0.5) is 11.4 Å². The molecule has 0 saturated heterocycles. The number of aliphatic hydroxyl groups is 1. The number of fused-ring (bicyclic) bond motifs is 2. The first kappa shape index (κ1) is 37.4. The van der Waals surface area contributed by atoms with Gasteiger partial charge < -0.3 is 19.9 Å². The maximum atomic E-state index is 12.1. The third-order valence-corrected chi connectivity index (χ3v) is 10.8. The SMILES string of the molecule is C[N+]1=C(C=CC=CC=C2N(CCCCCC(=O)NCCCCO)c3ccc(S(=O)O)cc3C2(C)C)C(C)(C)c2cc(S(=O)(=O)O)ccc21. The summed E-state index contributed by atoms with van der Waals surface area (Å²) in [6.07, 6.45) is 14.3. The number of nitrogens with zero attached hydrogens (tertiary/aromatic N) is 2. The molecule has 260 valence electrons. The minimum absolute atomic E-state index is 0.0287. The lowest BCUT2D eigenvalue weighted by Crippen LogP contribution is -2.27. The van der Waals surface area contributed by atoms with Gasteiger partial charge in [-0.1, -0.05) is 38.5 Å². The van der Waals surface area contributed by atoms with E-state index in [0.29, 0.717) is 24.3 Å². The lowest BCUT2D eigenvalue weighted by molar-refractivity contribution is -0.401. The van der Waals surface area contributed by atoms with E-state index in [-0.39, 0.29) is 17.4 Å². The molecule has 0 aliphatic carbocycles. The first-order chi connectivity index (χ1) is 22.6. The highest BCUT2D eigenvalue weighted by Gasteiger charge is 2.43. The summed E-state index contributed by atoms with van der Waals surface area (Å²) in [6.45, 7) is 9.69. The summed E-state index contributed by atoms with van der Waals surface area (Å²) in [6, 6.07) is 10.1. The van der Waals surface area contributed by atoms with Crippen LogP contribution in [0.15, 0.2) is 82.3 Å². The summed E-state index contributed by atoms with van der Waals surface area (Å²) in [7, 11) is -2.39. The third-order valence-electron chi connectivity index (χ3n) is 9.29. The molecular formula is C36H48N3O7S2+. The molecule has 0 saturated carbocycles. The number of amides is 1. The van der Waals surface area contributed by atoms with Gasteiger partial charge in [-0.2, -0.15) is 13.0 Å². The predicted molar refractivity (Wildman–Crippen MR) is 190 cm³/mol. The number of anilines is 1. The van der Waals surface area contributed by atoms with Crippen molar-refractivity contribution in [1.29, 1.82) is 0 Å². The van der Waals surface area contributed by atoms with Gasteiger partial charge in [0, 0.05) is 60.6 Å². The van der Waals surface area contributed by atoms with Crippen molar-refractivity contribution in [3.8, 4) is 0 Å². The van der Waals surface area contributed by atoms with Gasteiger partial charge in [0.2, 0.25) is 11.6 Å². The highest BCUT2D eigenvalue weighted by Crippen LogP contribution is 2.48. The molecule has 0 aromatic heterocycles. The van der Waals surface area contributed by atoms with Crippen LogP contribution in [0.25, 0.3) is 0 Å². The molecule has 0 spiro atoms. The van der Waals surface area contributed by atoms with Gasteiger partial charge in [-0.3, -0.25) is 9.35 Å². The maximum Gasteiger partial charge on any atom is 0.294 e. The van der Waals surface area contributed by atoms with Gasteiger partial charge in [-0.15, -0.1) is 0 Å². The quantitative estimate of drug-likeness (QED) is 0.0604. The number of hydrogen-bond acceptors (Lipinski definition) is 6. The van der Waals surface area contributed by atoms with E-state index < -0.39 is 32.0 Å². The molecule has 2 heterocycles. The smallest absolute Gasteiger partial charge is 0.294 e. The average molecular weight is 699 g/mol. The molecule has 2 aliphatic rings. The summed E-state index contributed by atoms with van der Waals surface area (Å²) in [5.74, 6) is 0.0287. The van der Waals surface area contributed by atoms with Gasteiger partial charge in [-0.25, -0.2) is 4.21 Å². The van der Waals surface area contributed by atoms with Gasteiger partial charge in [0.1, 0.15) is 7.05 Å². The molecule has 4 N–H and O–H groups in total. The van der Waals surface area contributed by atoms with Crippen molar-refractivity contribution in [2.75, 3.05) is 31.6 Å². The average Bonchev–Trinajstić information content (AvgIpc) is 3.35. The van der Waals surface area contributed by atoms with Crippen LogP contribution in [0.2, 0.25) is 0 Å². The van der Waals surface area contributed by atoms with Crippen LogP contribution in [0.5, 0.6) is 0 Å². The van der Waals surface area contributed by atoms with E-state index in [2.05, 4.69) is 30.1 Å². The van der Waals surface area contributed by atoms with Gasteiger partial charge >= 0.3 is 0 Å². The Morgan fingerprint density at radius 3 is 2.40 bits per heavy atom. The lowest BCUT2D eigenvalue weighted by atomic mass is 9.81. The van der Waals surface area contributed by atoms with E-state index >= 15 is 0 Å². The van der Waals surface area contributed by atoms with Crippen LogP contribution in [-0.4, -0.2) is 69.8 Å². The Kier molecular flexibility index (Phi) is 12.0. The zero-order valence-corrected chi connectivity index (χ0v) is 30.0. The van der Waals surface area contributed by atoms with Gasteiger partial charge in [0.05, 0.1) is 15.2 Å². The molecule has 2 aliphatic heterocycles. The Balaban J connectivity index is 1.50.